The van der Waals surface area contributed by atoms with Crippen LogP contribution in [0.1, 0.15) is 69.5 Å². The number of imidazole rings is 2. The van der Waals surface area contributed by atoms with Gasteiger partial charge in [0.25, 0.3) is 11.8 Å². The number of para-hydroxylation sites is 2. The summed E-state index contributed by atoms with van der Waals surface area (Å²) in [6, 6.07) is 24.3. The van der Waals surface area contributed by atoms with E-state index >= 15 is 0 Å². The predicted molar refractivity (Wildman–Crippen MR) is 195 cm³/mol. The van der Waals surface area contributed by atoms with Crippen molar-refractivity contribution in [1.82, 2.24) is 29.3 Å². The summed E-state index contributed by atoms with van der Waals surface area (Å²) in [7, 11) is 2.09. The van der Waals surface area contributed by atoms with Crippen LogP contribution in [-0.2, 0) is 0 Å². The Bertz CT molecular complexity index is 2170. The summed E-state index contributed by atoms with van der Waals surface area (Å²) in [5.74, 6) is -0.341. The number of nitrogens with one attached hydrogen (secondary N) is 3. The quantitative estimate of drug-likeness (QED) is 0.149. The first kappa shape index (κ1) is 33.4. The molecule has 2 aliphatic rings. The van der Waals surface area contributed by atoms with E-state index in [0.717, 1.165) is 55.5 Å². The number of fused-ring (bicyclic) bond motifs is 2. The fraction of sp³-hybridized carbons (Fsp3) is 0.263. The van der Waals surface area contributed by atoms with Gasteiger partial charge in [0.2, 0.25) is 0 Å². The highest BCUT2D eigenvalue weighted by molar-refractivity contribution is 6.21. The van der Waals surface area contributed by atoms with Crippen molar-refractivity contribution in [3.8, 4) is 11.4 Å². The number of carbonyl (C=O) groups is 2. The zero-order chi connectivity index (χ0) is 34.8. The number of anilines is 1. The minimum atomic E-state index is -0.510. The average molecular weight is 693 g/mol. The lowest BCUT2D eigenvalue weighted by atomic mass is 9.90. The second kappa shape index (κ2) is 14.4. The molecule has 50 heavy (non-hydrogen) atoms. The van der Waals surface area contributed by atoms with Crippen molar-refractivity contribution in [3.63, 3.8) is 0 Å². The number of primary amides is 1. The third-order valence-electron chi connectivity index (χ3n) is 9.56. The van der Waals surface area contributed by atoms with Crippen LogP contribution in [0, 0.1) is 5.82 Å². The van der Waals surface area contributed by atoms with Crippen LogP contribution in [0.15, 0.2) is 85.2 Å². The molecule has 2 unspecified atom stereocenters. The predicted octanol–water partition coefficient (Wildman–Crippen LogP) is 6.99. The monoisotopic (exact) mass is 692 g/mol. The molecule has 0 saturated carbocycles. The molecular weight excluding hydrogens is 655 g/mol. The molecule has 8 rings (SSSR count). The topological polar surface area (TPSA) is 134 Å². The number of nitrogens with zero attached hydrogens (tertiary/aromatic N) is 4. The molecule has 6 aromatic rings. The van der Waals surface area contributed by atoms with Gasteiger partial charge in [-0.2, -0.15) is 0 Å². The van der Waals surface area contributed by atoms with Crippen LogP contribution in [0.2, 0.25) is 0 Å². The molecule has 0 aliphatic carbocycles. The van der Waals surface area contributed by atoms with Crippen LogP contribution in [0.5, 0.6) is 0 Å². The maximum absolute atomic E-state index is 14.6. The first-order valence-corrected chi connectivity index (χ1v) is 17.1. The Morgan fingerprint density at radius 2 is 1.74 bits per heavy atom. The number of amides is 2. The van der Waals surface area contributed by atoms with Crippen molar-refractivity contribution < 1.29 is 14.0 Å². The Labute approximate surface area is 294 Å². The minimum Gasteiger partial charge on any atom is -0.366 e. The summed E-state index contributed by atoms with van der Waals surface area (Å²) in [4.78, 5) is 38.1. The molecule has 2 amide bonds. The Morgan fingerprint density at radius 1 is 0.960 bits per heavy atom. The first-order chi connectivity index (χ1) is 24.3. The Hall–Kier alpha value is -5.10. The Balaban J connectivity index is 0.000000157. The van der Waals surface area contributed by atoms with E-state index in [9.17, 15) is 14.0 Å². The highest BCUT2D eigenvalue weighted by atomic mass is 35.5. The highest BCUT2D eigenvalue weighted by Crippen LogP contribution is 2.31. The average Bonchev–Trinajstić information content (AvgIpc) is 3.90. The number of hydrogen-bond acceptors (Lipinski definition) is 6. The van der Waals surface area contributed by atoms with Crippen molar-refractivity contribution in [2.75, 3.05) is 32.0 Å². The number of rotatable bonds is 6. The maximum atomic E-state index is 14.6. The normalized spacial score (nSPS) is 17.8. The Morgan fingerprint density at radius 3 is 2.48 bits per heavy atom. The molecule has 4 aromatic carbocycles. The molecule has 12 heteroatoms. The van der Waals surface area contributed by atoms with Gasteiger partial charge in [0.1, 0.15) is 16.9 Å². The SMILES string of the molecule is CN1CCCC(c2ccc(NC(=O)c3cccc4[nH]cnc34)c(F)c2)C1.NC(=O)c1cccc2c1nc(-c1ccc(C3CCCN3)cc1)n2Cl. The van der Waals surface area contributed by atoms with E-state index in [1.54, 1.807) is 36.4 Å². The number of aromatic amines is 1. The van der Waals surface area contributed by atoms with Gasteiger partial charge >= 0.3 is 0 Å². The smallest absolute Gasteiger partial charge is 0.258 e. The summed E-state index contributed by atoms with van der Waals surface area (Å²) in [5, 5.41) is 6.16. The zero-order valence-electron chi connectivity index (χ0n) is 27.6. The van der Waals surface area contributed by atoms with E-state index in [2.05, 4.69) is 49.7 Å². The first-order valence-electron chi connectivity index (χ1n) is 16.8. The molecular formula is C38H38ClFN8O2. The van der Waals surface area contributed by atoms with E-state index in [-0.39, 0.29) is 11.6 Å². The number of piperidine rings is 1. The maximum Gasteiger partial charge on any atom is 0.258 e. The number of nitrogens with two attached hydrogens (primary N) is 1. The van der Waals surface area contributed by atoms with Crippen molar-refractivity contribution in [3.05, 3.63) is 113 Å². The van der Waals surface area contributed by atoms with E-state index in [4.69, 9.17) is 17.5 Å². The second-order valence-electron chi connectivity index (χ2n) is 12.9. The molecule has 2 aromatic heterocycles. The summed E-state index contributed by atoms with van der Waals surface area (Å²) >= 11 is 6.42. The van der Waals surface area contributed by atoms with Gasteiger partial charge in [0, 0.05) is 29.9 Å². The van der Waals surface area contributed by atoms with E-state index in [1.165, 1.54) is 22.4 Å². The van der Waals surface area contributed by atoms with Gasteiger partial charge in [-0.1, -0.05) is 42.5 Å². The van der Waals surface area contributed by atoms with Crippen LogP contribution in [-0.4, -0.2) is 62.4 Å². The summed E-state index contributed by atoms with van der Waals surface area (Å²) < 4.78 is 16.1. The number of benzene rings is 4. The van der Waals surface area contributed by atoms with Gasteiger partial charge in [-0.3, -0.25) is 9.59 Å². The number of carbonyl (C=O) groups excluding carboxylic acids is 2. The van der Waals surface area contributed by atoms with Crippen molar-refractivity contribution in [2.45, 2.75) is 37.6 Å². The number of H-pyrrole nitrogens is 1. The molecule has 0 radical (unpaired) electrons. The van der Waals surface area contributed by atoms with E-state index in [1.807, 2.05) is 30.3 Å². The fourth-order valence-electron chi connectivity index (χ4n) is 6.94. The lowest BCUT2D eigenvalue weighted by molar-refractivity contribution is 0.0999. The van der Waals surface area contributed by atoms with E-state index in [0.29, 0.717) is 45.5 Å². The van der Waals surface area contributed by atoms with Gasteiger partial charge in [0.05, 0.1) is 34.2 Å². The van der Waals surface area contributed by atoms with Gasteiger partial charge in [-0.15, -0.1) is 0 Å². The van der Waals surface area contributed by atoms with Crippen LogP contribution in [0.4, 0.5) is 10.1 Å². The lowest BCUT2D eigenvalue weighted by Crippen LogP contribution is -2.30. The number of halogens is 2. The standard InChI is InChI=1S/C20H21FN4O.C18H17ClN4O/c1-25-9-3-4-14(11-25)13-7-8-17(16(21)10-13)24-20(26)15-5-2-6-18-19(15)23-12-22-18;19-23-15-5-1-3-13(17(20)24)16(15)22-18(23)12-8-6-11(7-9-12)14-4-2-10-21-14/h2,5-8,10,12,14H,3-4,9,11H2,1H3,(H,22,23)(H,24,26);1,3,5-9,14,21H,2,4,10H2,(H2,20,24). The van der Waals surface area contributed by atoms with Crippen LogP contribution in [0.3, 0.4) is 0 Å². The van der Waals surface area contributed by atoms with Crippen LogP contribution >= 0.6 is 11.8 Å². The van der Waals surface area contributed by atoms with Gasteiger partial charge in [-0.25, -0.2) is 18.4 Å². The molecule has 5 N–H and O–H groups in total. The summed E-state index contributed by atoms with van der Waals surface area (Å²) in [6.45, 7) is 3.10. The molecule has 2 fully saturated rings. The highest BCUT2D eigenvalue weighted by Gasteiger charge is 2.22. The minimum absolute atomic E-state index is 0.190. The molecule has 256 valence electrons. The summed E-state index contributed by atoms with van der Waals surface area (Å²) in [6.07, 6.45) is 6.10. The van der Waals surface area contributed by atoms with Crippen molar-refractivity contribution in [2.24, 2.45) is 5.73 Å². The molecule has 2 saturated heterocycles. The fourth-order valence-corrected chi connectivity index (χ4v) is 7.22. The van der Waals surface area contributed by atoms with Crippen LogP contribution in [0.25, 0.3) is 33.5 Å². The molecule has 10 nitrogen and oxygen atoms in total. The van der Waals surface area contributed by atoms with Gasteiger partial charge in [-0.05, 0) is 99.3 Å². The largest absolute Gasteiger partial charge is 0.366 e. The molecule has 0 spiro atoms. The van der Waals surface area contributed by atoms with Gasteiger partial charge < -0.3 is 26.3 Å². The molecule has 0 bridgehead atoms. The zero-order valence-corrected chi connectivity index (χ0v) is 28.4. The van der Waals surface area contributed by atoms with Crippen molar-refractivity contribution in [1.29, 1.82) is 0 Å². The third kappa shape index (κ3) is 6.84. The summed E-state index contributed by atoms with van der Waals surface area (Å²) in [5.41, 5.74) is 12.1. The number of likely N-dealkylation sites (tertiary alicyclic amines) is 1. The van der Waals surface area contributed by atoms with Crippen molar-refractivity contribution >= 4 is 51.3 Å². The second-order valence-corrected chi connectivity index (χ2v) is 13.3. The third-order valence-corrected chi connectivity index (χ3v) is 9.90. The number of hydrogen-bond donors (Lipinski definition) is 4. The van der Waals surface area contributed by atoms with E-state index < -0.39 is 11.7 Å². The molecule has 4 heterocycles. The molecule has 2 aliphatic heterocycles. The lowest BCUT2D eigenvalue weighted by Gasteiger charge is -2.30. The van der Waals surface area contributed by atoms with Crippen LogP contribution < -0.4 is 16.4 Å². The van der Waals surface area contributed by atoms with Gasteiger partial charge in [0.15, 0.2) is 5.82 Å². The number of aromatic nitrogens is 4. The Kier molecular flexibility index (Phi) is 9.62. The molecule has 2 atom stereocenters. The number of likely N-dealkylation sites (N-methyl/N-ethyl adjacent to an activating group) is 1.